The summed E-state index contributed by atoms with van der Waals surface area (Å²) in [6.07, 6.45) is 1.87. The summed E-state index contributed by atoms with van der Waals surface area (Å²) in [6.45, 7) is 0. The molecule has 0 radical (unpaired) electrons. The molecule has 1 fully saturated rings. The lowest BCUT2D eigenvalue weighted by Crippen LogP contribution is -2.14. The first kappa shape index (κ1) is 17.4. The second-order valence-electron chi connectivity index (χ2n) is 5.52. The van der Waals surface area contributed by atoms with Crippen molar-refractivity contribution in [2.24, 2.45) is 5.92 Å². The van der Waals surface area contributed by atoms with Crippen molar-refractivity contribution in [1.82, 2.24) is 0 Å². The van der Waals surface area contributed by atoms with Crippen molar-refractivity contribution in [3.63, 3.8) is 0 Å². The standard InChI is InChI=1S/C16H14Br2N2O3S/c17-11-3-8-14(18)15(9-11)24(22,23)20-13-6-4-12(5-7-13)19-16(21)10-1-2-10/h3-10,20H,1-2H2,(H,19,21). The van der Waals surface area contributed by atoms with Gasteiger partial charge in [-0.15, -0.1) is 0 Å². The molecular formula is C16H14Br2N2O3S. The van der Waals surface area contributed by atoms with Gasteiger partial charge in [-0.2, -0.15) is 0 Å². The summed E-state index contributed by atoms with van der Waals surface area (Å²) in [5, 5.41) is 2.81. The fourth-order valence-corrected chi connectivity index (χ4v) is 4.67. The van der Waals surface area contributed by atoms with Crippen LogP contribution < -0.4 is 10.0 Å². The van der Waals surface area contributed by atoms with Crippen LogP contribution in [0, 0.1) is 5.92 Å². The van der Waals surface area contributed by atoms with E-state index in [1.807, 2.05) is 0 Å². The van der Waals surface area contributed by atoms with Crippen LogP contribution in [0.4, 0.5) is 11.4 Å². The molecule has 2 aromatic rings. The summed E-state index contributed by atoms with van der Waals surface area (Å²) in [5.41, 5.74) is 1.07. The fourth-order valence-electron chi connectivity index (χ4n) is 2.10. The smallest absolute Gasteiger partial charge is 0.263 e. The van der Waals surface area contributed by atoms with Gasteiger partial charge in [0.1, 0.15) is 4.90 Å². The quantitative estimate of drug-likeness (QED) is 0.677. The van der Waals surface area contributed by atoms with E-state index in [0.717, 1.165) is 12.8 Å². The van der Waals surface area contributed by atoms with Crippen LogP contribution in [0.5, 0.6) is 0 Å². The molecule has 0 aromatic heterocycles. The fraction of sp³-hybridized carbons (Fsp3) is 0.188. The molecule has 0 heterocycles. The van der Waals surface area contributed by atoms with Crippen molar-refractivity contribution in [2.75, 3.05) is 10.0 Å². The molecule has 0 spiro atoms. The number of nitrogens with one attached hydrogen (secondary N) is 2. The van der Waals surface area contributed by atoms with E-state index in [1.54, 1.807) is 36.4 Å². The Kier molecular flexibility index (Phi) is 4.98. The van der Waals surface area contributed by atoms with Crippen molar-refractivity contribution in [3.8, 4) is 0 Å². The van der Waals surface area contributed by atoms with Gasteiger partial charge >= 0.3 is 0 Å². The minimum Gasteiger partial charge on any atom is -0.326 e. The minimum absolute atomic E-state index is 0.0152. The van der Waals surface area contributed by atoms with E-state index < -0.39 is 10.0 Å². The molecule has 1 saturated carbocycles. The molecule has 8 heteroatoms. The highest BCUT2D eigenvalue weighted by Gasteiger charge is 2.29. The summed E-state index contributed by atoms with van der Waals surface area (Å²) in [5.74, 6) is 0.137. The zero-order valence-electron chi connectivity index (χ0n) is 12.4. The largest absolute Gasteiger partial charge is 0.326 e. The number of carbonyl (C=O) groups excluding carboxylic acids is 1. The Morgan fingerprint density at radius 2 is 1.62 bits per heavy atom. The average molecular weight is 474 g/mol. The molecule has 0 saturated heterocycles. The highest BCUT2D eigenvalue weighted by atomic mass is 79.9. The molecule has 126 valence electrons. The molecule has 24 heavy (non-hydrogen) atoms. The SMILES string of the molecule is O=C(Nc1ccc(NS(=O)(=O)c2cc(Br)ccc2Br)cc1)C1CC1. The summed E-state index contributed by atoms with van der Waals surface area (Å²) in [4.78, 5) is 11.9. The van der Waals surface area contributed by atoms with E-state index in [9.17, 15) is 13.2 Å². The molecule has 0 aliphatic heterocycles. The first-order chi connectivity index (χ1) is 11.3. The Bertz CT molecular complexity index is 879. The molecule has 1 aliphatic carbocycles. The van der Waals surface area contributed by atoms with E-state index in [1.165, 1.54) is 6.07 Å². The third kappa shape index (κ3) is 4.17. The number of carbonyl (C=O) groups is 1. The van der Waals surface area contributed by atoms with Crippen molar-refractivity contribution in [3.05, 3.63) is 51.4 Å². The molecular weight excluding hydrogens is 460 g/mol. The van der Waals surface area contributed by atoms with Crippen LogP contribution in [-0.4, -0.2) is 14.3 Å². The summed E-state index contributed by atoms with van der Waals surface area (Å²) in [6, 6.07) is 11.5. The van der Waals surface area contributed by atoms with Gasteiger partial charge in [0.25, 0.3) is 10.0 Å². The number of sulfonamides is 1. The van der Waals surface area contributed by atoms with Gasteiger partial charge in [0.05, 0.1) is 0 Å². The average Bonchev–Trinajstić information content (AvgIpc) is 3.36. The molecule has 0 unspecified atom stereocenters. The molecule has 2 N–H and O–H groups in total. The number of hydrogen-bond donors (Lipinski definition) is 2. The molecule has 0 bridgehead atoms. The van der Waals surface area contributed by atoms with E-state index in [-0.39, 0.29) is 16.7 Å². The van der Waals surface area contributed by atoms with Gasteiger partial charge in [-0.3, -0.25) is 9.52 Å². The van der Waals surface area contributed by atoms with Gasteiger partial charge in [0, 0.05) is 26.2 Å². The number of halogens is 2. The maximum Gasteiger partial charge on any atom is 0.263 e. The summed E-state index contributed by atoms with van der Waals surface area (Å²) in [7, 11) is -3.72. The number of anilines is 2. The summed E-state index contributed by atoms with van der Waals surface area (Å²) < 4.78 is 28.7. The van der Waals surface area contributed by atoms with Crippen molar-refractivity contribution < 1.29 is 13.2 Å². The lowest BCUT2D eigenvalue weighted by molar-refractivity contribution is -0.117. The first-order valence-electron chi connectivity index (χ1n) is 7.24. The molecule has 1 aliphatic rings. The zero-order chi connectivity index (χ0) is 17.3. The maximum absolute atomic E-state index is 12.5. The van der Waals surface area contributed by atoms with Crippen LogP contribution in [-0.2, 0) is 14.8 Å². The Labute approximate surface area is 157 Å². The Balaban J connectivity index is 1.75. The van der Waals surface area contributed by atoms with Gasteiger partial charge in [-0.05, 0) is 71.2 Å². The van der Waals surface area contributed by atoms with Crippen LogP contribution in [0.1, 0.15) is 12.8 Å². The van der Waals surface area contributed by atoms with E-state index in [0.29, 0.717) is 20.3 Å². The van der Waals surface area contributed by atoms with Crippen LogP contribution in [0.15, 0.2) is 56.3 Å². The van der Waals surface area contributed by atoms with Crippen LogP contribution in [0.25, 0.3) is 0 Å². The Morgan fingerprint density at radius 1 is 1.00 bits per heavy atom. The van der Waals surface area contributed by atoms with Crippen molar-refractivity contribution >= 4 is 59.2 Å². The van der Waals surface area contributed by atoms with Gasteiger partial charge in [-0.25, -0.2) is 8.42 Å². The van der Waals surface area contributed by atoms with Crippen LogP contribution in [0.3, 0.4) is 0 Å². The monoisotopic (exact) mass is 472 g/mol. The topological polar surface area (TPSA) is 75.3 Å². The lowest BCUT2D eigenvalue weighted by atomic mass is 10.2. The van der Waals surface area contributed by atoms with Crippen LogP contribution >= 0.6 is 31.9 Å². The Hall–Kier alpha value is -1.38. The predicted molar refractivity (Wildman–Crippen MR) is 100 cm³/mol. The highest BCUT2D eigenvalue weighted by molar-refractivity contribution is 9.11. The molecule has 2 aromatic carbocycles. The normalized spacial score (nSPS) is 14.2. The molecule has 1 amide bonds. The number of hydrogen-bond acceptors (Lipinski definition) is 3. The zero-order valence-corrected chi connectivity index (χ0v) is 16.4. The van der Waals surface area contributed by atoms with Crippen molar-refractivity contribution in [2.45, 2.75) is 17.7 Å². The van der Waals surface area contributed by atoms with Crippen LogP contribution in [0.2, 0.25) is 0 Å². The van der Waals surface area contributed by atoms with E-state index >= 15 is 0 Å². The van der Waals surface area contributed by atoms with Gasteiger partial charge < -0.3 is 5.32 Å². The first-order valence-corrected chi connectivity index (χ1v) is 10.3. The minimum atomic E-state index is -3.72. The molecule has 0 atom stereocenters. The van der Waals surface area contributed by atoms with E-state index in [4.69, 9.17) is 0 Å². The van der Waals surface area contributed by atoms with Crippen molar-refractivity contribution in [1.29, 1.82) is 0 Å². The maximum atomic E-state index is 12.5. The lowest BCUT2D eigenvalue weighted by Gasteiger charge is -2.11. The predicted octanol–water partition coefficient (Wildman–Crippen LogP) is 4.36. The second kappa shape index (κ2) is 6.85. The Morgan fingerprint density at radius 3 is 2.25 bits per heavy atom. The highest BCUT2D eigenvalue weighted by Crippen LogP contribution is 2.31. The second-order valence-corrected chi connectivity index (χ2v) is 8.94. The number of rotatable bonds is 5. The van der Waals surface area contributed by atoms with E-state index in [2.05, 4.69) is 41.9 Å². The van der Waals surface area contributed by atoms with Gasteiger partial charge in [-0.1, -0.05) is 15.9 Å². The van der Waals surface area contributed by atoms with Gasteiger partial charge in [0.15, 0.2) is 0 Å². The number of amides is 1. The number of benzene rings is 2. The molecule has 5 nitrogen and oxygen atoms in total. The summed E-state index contributed by atoms with van der Waals surface area (Å²) >= 11 is 6.52. The third-order valence-corrected chi connectivity index (χ3v) is 6.40. The van der Waals surface area contributed by atoms with Gasteiger partial charge in [0.2, 0.25) is 5.91 Å². The molecule has 3 rings (SSSR count). The third-order valence-electron chi connectivity index (χ3n) is 3.54.